The van der Waals surface area contributed by atoms with Gasteiger partial charge >= 0.3 is 0 Å². The maximum atomic E-state index is 12.0. The predicted octanol–water partition coefficient (Wildman–Crippen LogP) is 2.10. The Bertz CT molecular complexity index is 410. The minimum Gasteiger partial charge on any atom is -0.383 e. The molecule has 0 saturated carbocycles. The first-order chi connectivity index (χ1) is 9.06. The zero-order chi connectivity index (χ0) is 14.4. The number of ether oxygens (including phenoxy) is 1. The molecule has 1 aromatic rings. The Balaban J connectivity index is 3.32. The number of carbonyl (C=O) groups is 1. The molecule has 4 nitrogen and oxygen atoms in total. The highest BCUT2D eigenvalue weighted by Gasteiger charge is 2.23. The third-order valence-corrected chi connectivity index (χ3v) is 3.23. The van der Waals surface area contributed by atoms with Gasteiger partial charge in [0.05, 0.1) is 18.3 Å². The molecule has 0 saturated heterocycles. The Morgan fingerprint density at radius 2 is 2.05 bits per heavy atom. The number of para-hydroxylation sites is 1. The highest BCUT2D eigenvalue weighted by molar-refractivity contribution is 5.94. The van der Waals surface area contributed by atoms with Crippen molar-refractivity contribution in [2.75, 3.05) is 18.6 Å². The molecule has 0 aliphatic heterocycles. The van der Waals surface area contributed by atoms with Crippen LogP contribution in [0.3, 0.4) is 0 Å². The fourth-order valence-corrected chi connectivity index (χ4v) is 2.41. The second-order valence-electron chi connectivity index (χ2n) is 4.68. The molecule has 0 aliphatic carbocycles. The van der Waals surface area contributed by atoms with Crippen LogP contribution >= 0.6 is 0 Å². The monoisotopic (exact) mass is 264 g/mol. The van der Waals surface area contributed by atoms with Gasteiger partial charge in [-0.05, 0) is 24.5 Å². The van der Waals surface area contributed by atoms with Crippen molar-refractivity contribution >= 4 is 11.6 Å². The topological polar surface area (TPSA) is 55.6 Å². The summed E-state index contributed by atoms with van der Waals surface area (Å²) in [5, 5.41) is 0. The summed E-state index contributed by atoms with van der Waals surface area (Å²) in [5.74, 6) is 0.0140. The second kappa shape index (κ2) is 7.26. The Morgan fingerprint density at radius 3 is 2.53 bits per heavy atom. The third kappa shape index (κ3) is 3.55. The number of benzene rings is 1. The summed E-state index contributed by atoms with van der Waals surface area (Å²) in [6, 6.07) is 6.00. The number of amides is 1. The van der Waals surface area contributed by atoms with Crippen molar-refractivity contribution in [1.29, 1.82) is 0 Å². The Labute approximate surface area is 115 Å². The highest BCUT2D eigenvalue weighted by atomic mass is 16.5. The summed E-state index contributed by atoms with van der Waals surface area (Å²) in [5.41, 5.74) is 8.90. The number of anilines is 1. The third-order valence-electron chi connectivity index (χ3n) is 3.23. The molecule has 0 radical (unpaired) electrons. The Kier molecular flexibility index (Phi) is 5.99. The van der Waals surface area contributed by atoms with Gasteiger partial charge < -0.3 is 15.4 Å². The van der Waals surface area contributed by atoms with E-state index in [1.54, 1.807) is 18.9 Å². The number of hydrogen-bond acceptors (Lipinski definition) is 3. The van der Waals surface area contributed by atoms with Gasteiger partial charge in [0.25, 0.3) is 0 Å². The van der Waals surface area contributed by atoms with Crippen LogP contribution in [0.4, 0.5) is 5.69 Å². The molecule has 19 heavy (non-hydrogen) atoms. The van der Waals surface area contributed by atoms with Gasteiger partial charge in [0.15, 0.2) is 0 Å². The lowest BCUT2D eigenvalue weighted by Crippen LogP contribution is -2.41. The SMILES string of the molecule is CCc1cccc(CN)c1N(C(C)=O)C(C)COC. The van der Waals surface area contributed by atoms with Crippen molar-refractivity contribution in [3.05, 3.63) is 29.3 Å². The summed E-state index contributed by atoms with van der Waals surface area (Å²) in [6.45, 7) is 6.57. The molecule has 1 rings (SSSR count). The van der Waals surface area contributed by atoms with E-state index in [9.17, 15) is 4.79 Å². The van der Waals surface area contributed by atoms with E-state index in [1.165, 1.54) is 0 Å². The number of methoxy groups -OCH3 is 1. The molecule has 0 aromatic heterocycles. The number of rotatable bonds is 6. The van der Waals surface area contributed by atoms with Crippen LogP contribution in [0.2, 0.25) is 0 Å². The molecule has 1 unspecified atom stereocenters. The molecule has 2 N–H and O–H groups in total. The fourth-order valence-electron chi connectivity index (χ4n) is 2.41. The van der Waals surface area contributed by atoms with Crippen LogP contribution in [0.25, 0.3) is 0 Å². The maximum Gasteiger partial charge on any atom is 0.224 e. The van der Waals surface area contributed by atoms with Crippen molar-refractivity contribution in [2.45, 2.75) is 39.8 Å². The normalized spacial score (nSPS) is 12.3. The average molecular weight is 264 g/mol. The van der Waals surface area contributed by atoms with Gasteiger partial charge in [-0.2, -0.15) is 0 Å². The van der Waals surface area contributed by atoms with E-state index in [-0.39, 0.29) is 11.9 Å². The van der Waals surface area contributed by atoms with Gasteiger partial charge in [0.1, 0.15) is 0 Å². The first-order valence-electron chi connectivity index (χ1n) is 6.66. The van der Waals surface area contributed by atoms with Crippen LogP contribution in [-0.2, 0) is 22.5 Å². The standard InChI is InChI=1S/C15H24N2O2/c1-5-13-7-6-8-14(9-16)15(13)17(12(3)18)11(2)10-19-4/h6-8,11H,5,9-10,16H2,1-4H3. The van der Waals surface area contributed by atoms with Crippen LogP contribution in [0.5, 0.6) is 0 Å². The molecule has 0 fully saturated rings. The summed E-state index contributed by atoms with van der Waals surface area (Å²) < 4.78 is 5.18. The minimum atomic E-state index is -0.0134. The highest BCUT2D eigenvalue weighted by Crippen LogP contribution is 2.28. The lowest BCUT2D eigenvalue weighted by atomic mass is 10.0. The smallest absolute Gasteiger partial charge is 0.224 e. The molecule has 0 aliphatic rings. The Morgan fingerprint density at radius 1 is 1.42 bits per heavy atom. The largest absolute Gasteiger partial charge is 0.383 e. The molecule has 1 aromatic carbocycles. The van der Waals surface area contributed by atoms with Crippen molar-refractivity contribution in [2.24, 2.45) is 5.73 Å². The van der Waals surface area contributed by atoms with Gasteiger partial charge in [0.2, 0.25) is 5.91 Å². The van der Waals surface area contributed by atoms with E-state index in [1.807, 2.05) is 25.1 Å². The van der Waals surface area contributed by atoms with Crippen LogP contribution in [0, 0.1) is 0 Å². The van der Waals surface area contributed by atoms with E-state index >= 15 is 0 Å². The zero-order valence-corrected chi connectivity index (χ0v) is 12.3. The first kappa shape index (κ1) is 15.7. The predicted molar refractivity (Wildman–Crippen MR) is 78.2 cm³/mol. The summed E-state index contributed by atoms with van der Waals surface area (Å²) in [7, 11) is 1.64. The van der Waals surface area contributed by atoms with Gasteiger partial charge in [-0.1, -0.05) is 25.1 Å². The van der Waals surface area contributed by atoms with Crippen molar-refractivity contribution in [3.63, 3.8) is 0 Å². The summed E-state index contributed by atoms with van der Waals surface area (Å²) in [6.07, 6.45) is 0.868. The molecular formula is C15H24N2O2. The molecular weight excluding hydrogens is 240 g/mol. The van der Waals surface area contributed by atoms with Gasteiger partial charge in [-0.15, -0.1) is 0 Å². The lowest BCUT2D eigenvalue weighted by molar-refractivity contribution is -0.117. The molecule has 106 valence electrons. The van der Waals surface area contributed by atoms with Crippen LogP contribution in [0.15, 0.2) is 18.2 Å². The molecule has 1 atom stereocenters. The van der Waals surface area contributed by atoms with Gasteiger partial charge in [-0.25, -0.2) is 0 Å². The lowest BCUT2D eigenvalue weighted by Gasteiger charge is -2.31. The van der Waals surface area contributed by atoms with Crippen molar-refractivity contribution < 1.29 is 9.53 Å². The van der Waals surface area contributed by atoms with Gasteiger partial charge in [-0.3, -0.25) is 4.79 Å². The molecule has 0 bridgehead atoms. The number of carbonyl (C=O) groups excluding carboxylic acids is 1. The van der Waals surface area contributed by atoms with Gasteiger partial charge in [0, 0.05) is 20.6 Å². The van der Waals surface area contributed by atoms with E-state index in [0.29, 0.717) is 13.2 Å². The average Bonchev–Trinajstić information content (AvgIpc) is 2.39. The molecule has 0 heterocycles. The molecule has 1 amide bonds. The van der Waals surface area contributed by atoms with E-state index in [2.05, 4.69) is 6.92 Å². The van der Waals surface area contributed by atoms with Crippen molar-refractivity contribution in [3.8, 4) is 0 Å². The number of nitrogens with zero attached hydrogens (tertiary/aromatic N) is 1. The van der Waals surface area contributed by atoms with Crippen LogP contribution in [-0.4, -0.2) is 25.7 Å². The van der Waals surface area contributed by atoms with E-state index < -0.39 is 0 Å². The number of nitrogens with two attached hydrogens (primary N) is 1. The zero-order valence-electron chi connectivity index (χ0n) is 12.3. The van der Waals surface area contributed by atoms with Crippen molar-refractivity contribution in [1.82, 2.24) is 0 Å². The van der Waals surface area contributed by atoms with Crippen LogP contribution in [0.1, 0.15) is 31.9 Å². The quantitative estimate of drug-likeness (QED) is 0.856. The fraction of sp³-hybridized carbons (Fsp3) is 0.533. The Hall–Kier alpha value is -1.39. The first-order valence-corrected chi connectivity index (χ1v) is 6.66. The number of hydrogen-bond donors (Lipinski definition) is 1. The summed E-state index contributed by atoms with van der Waals surface area (Å²) >= 11 is 0. The number of aryl methyl sites for hydroxylation is 1. The van der Waals surface area contributed by atoms with Crippen LogP contribution < -0.4 is 10.6 Å². The minimum absolute atomic E-state index is 0.0134. The second-order valence-corrected chi connectivity index (χ2v) is 4.68. The van der Waals surface area contributed by atoms with E-state index in [0.717, 1.165) is 23.2 Å². The molecule has 4 heteroatoms. The summed E-state index contributed by atoms with van der Waals surface area (Å²) in [4.78, 5) is 13.8. The van der Waals surface area contributed by atoms with E-state index in [4.69, 9.17) is 10.5 Å². The maximum absolute atomic E-state index is 12.0. The molecule has 0 spiro atoms.